The first-order chi connectivity index (χ1) is 12.4. The van der Waals surface area contributed by atoms with E-state index in [1.165, 1.54) is 0 Å². The molecule has 0 radical (unpaired) electrons. The molecule has 0 spiro atoms. The number of amides is 1. The quantitative estimate of drug-likeness (QED) is 0.775. The highest BCUT2D eigenvalue weighted by atomic mass is 16.6. The van der Waals surface area contributed by atoms with E-state index in [4.69, 9.17) is 14.2 Å². The highest BCUT2D eigenvalue weighted by Crippen LogP contribution is 2.33. The van der Waals surface area contributed by atoms with Gasteiger partial charge in [0.1, 0.15) is 30.0 Å². The Bertz CT molecular complexity index is 793. The second-order valence-corrected chi connectivity index (χ2v) is 6.92. The Morgan fingerprint density at radius 1 is 1.04 bits per heavy atom. The summed E-state index contributed by atoms with van der Waals surface area (Å²) in [6.07, 6.45) is 1.18. The van der Waals surface area contributed by atoms with Gasteiger partial charge in [0.05, 0.1) is 12.2 Å². The van der Waals surface area contributed by atoms with Crippen molar-refractivity contribution in [1.82, 2.24) is 4.90 Å². The summed E-state index contributed by atoms with van der Waals surface area (Å²) in [6, 6.07) is 17.1. The zero-order chi connectivity index (χ0) is 18.6. The van der Waals surface area contributed by atoms with Crippen LogP contribution in [0.1, 0.15) is 26.3 Å². The molecule has 1 amide bonds. The van der Waals surface area contributed by atoms with Crippen LogP contribution >= 0.6 is 0 Å². The van der Waals surface area contributed by atoms with Gasteiger partial charge in [0.25, 0.3) is 0 Å². The Kier molecular flexibility index (Phi) is 5.16. The average Bonchev–Trinajstić information content (AvgIpc) is 2.62. The van der Waals surface area contributed by atoms with Crippen LogP contribution in [-0.2, 0) is 9.47 Å². The lowest BCUT2D eigenvalue weighted by atomic mass is 10.1. The molecule has 0 saturated carbocycles. The molecule has 1 heterocycles. The summed E-state index contributed by atoms with van der Waals surface area (Å²) in [5, 5.41) is 0. The summed E-state index contributed by atoms with van der Waals surface area (Å²) in [5.41, 5.74) is 0.819. The zero-order valence-corrected chi connectivity index (χ0v) is 15.3. The number of carbonyl (C=O) groups is 1. The zero-order valence-electron chi connectivity index (χ0n) is 15.3. The molecule has 1 aliphatic rings. The molecule has 0 bridgehead atoms. The Hall–Kier alpha value is -2.95. The van der Waals surface area contributed by atoms with Gasteiger partial charge in [-0.2, -0.15) is 0 Å². The highest BCUT2D eigenvalue weighted by molar-refractivity contribution is 5.84. The minimum atomic E-state index is -0.569. The highest BCUT2D eigenvalue weighted by Gasteiger charge is 2.29. The van der Waals surface area contributed by atoms with Crippen molar-refractivity contribution in [1.29, 1.82) is 0 Å². The first-order valence-corrected chi connectivity index (χ1v) is 8.59. The number of nitrogens with zero attached hydrogens (tertiary/aromatic N) is 1. The van der Waals surface area contributed by atoms with Gasteiger partial charge in [0.2, 0.25) is 0 Å². The van der Waals surface area contributed by atoms with E-state index in [9.17, 15) is 4.79 Å². The van der Waals surface area contributed by atoms with Gasteiger partial charge >= 0.3 is 6.09 Å². The number of rotatable bonds is 3. The van der Waals surface area contributed by atoms with Crippen molar-refractivity contribution in [2.75, 3.05) is 13.2 Å². The summed E-state index contributed by atoms with van der Waals surface area (Å²) in [5.74, 6) is 1.37. The topological polar surface area (TPSA) is 48.0 Å². The summed E-state index contributed by atoms with van der Waals surface area (Å²) >= 11 is 0. The minimum Gasteiger partial charge on any atom is -0.497 e. The number of carbonyl (C=O) groups excluding carboxylic acids is 1. The summed E-state index contributed by atoms with van der Waals surface area (Å²) < 4.78 is 17.0. The number of hydrogen-bond donors (Lipinski definition) is 0. The number of ether oxygens (including phenoxy) is 3. The number of para-hydroxylation sites is 2. The summed E-state index contributed by atoms with van der Waals surface area (Å²) in [6.45, 7) is 6.38. The molecule has 26 heavy (non-hydrogen) atoms. The SMILES string of the molecule is CC(C)(C)OC(=O)N1CCOC=C1c1ccccc1Oc1ccccc1. The molecule has 5 heteroatoms. The van der Waals surface area contributed by atoms with E-state index < -0.39 is 11.7 Å². The van der Waals surface area contributed by atoms with E-state index in [0.717, 1.165) is 11.3 Å². The monoisotopic (exact) mass is 353 g/mol. The molecule has 1 aliphatic heterocycles. The van der Waals surface area contributed by atoms with Gasteiger partial charge in [-0.3, -0.25) is 4.90 Å². The van der Waals surface area contributed by atoms with Gasteiger partial charge < -0.3 is 14.2 Å². The van der Waals surface area contributed by atoms with Crippen LogP contribution in [0, 0.1) is 0 Å². The molecule has 5 nitrogen and oxygen atoms in total. The maximum Gasteiger partial charge on any atom is 0.415 e. The normalized spacial score (nSPS) is 14.3. The van der Waals surface area contributed by atoms with E-state index >= 15 is 0 Å². The smallest absolute Gasteiger partial charge is 0.415 e. The first kappa shape index (κ1) is 17.9. The van der Waals surface area contributed by atoms with Crippen LogP contribution in [0.5, 0.6) is 11.5 Å². The maximum atomic E-state index is 12.6. The second-order valence-electron chi connectivity index (χ2n) is 6.92. The Morgan fingerprint density at radius 3 is 2.46 bits per heavy atom. The third-order valence-corrected chi connectivity index (χ3v) is 3.67. The van der Waals surface area contributed by atoms with Gasteiger partial charge in [-0.1, -0.05) is 30.3 Å². The van der Waals surface area contributed by atoms with Crippen molar-refractivity contribution in [3.63, 3.8) is 0 Å². The lowest BCUT2D eigenvalue weighted by molar-refractivity contribution is 0.0296. The van der Waals surface area contributed by atoms with E-state index in [-0.39, 0.29) is 0 Å². The molecule has 3 rings (SSSR count). The largest absolute Gasteiger partial charge is 0.497 e. The molecular formula is C21H23NO4. The van der Waals surface area contributed by atoms with Crippen molar-refractivity contribution in [3.8, 4) is 11.5 Å². The third kappa shape index (κ3) is 4.36. The fraction of sp³-hybridized carbons (Fsp3) is 0.286. The Morgan fingerprint density at radius 2 is 1.73 bits per heavy atom. The summed E-state index contributed by atoms with van der Waals surface area (Å²) in [7, 11) is 0. The molecule has 0 aromatic heterocycles. The average molecular weight is 353 g/mol. The van der Waals surface area contributed by atoms with Crippen molar-refractivity contribution in [2.45, 2.75) is 26.4 Å². The Balaban J connectivity index is 1.91. The molecule has 136 valence electrons. The predicted molar refractivity (Wildman–Crippen MR) is 99.8 cm³/mol. The van der Waals surface area contributed by atoms with E-state index in [1.54, 1.807) is 11.2 Å². The fourth-order valence-electron chi connectivity index (χ4n) is 2.56. The maximum absolute atomic E-state index is 12.6. The van der Waals surface area contributed by atoms with E-state index in [1.807, 2.05) is 75.4 Å². The van der Waals surface area contributed by atoms with Crippen LogP contribution in [0.15, 0.2) is 60.9 Å². The molecule has 0 atom stereocenters. The molecule has 2 aromatic carbocycles. The van der Waals surface area contributed by atoms with Crippen LogP contribution in [0.2, 0.25) is 0 Å². The number of hydrogen-bond acceptors (Lipinski definition) is 4. The van der Waals surface area contributed by atoms with E-state index in [2.05, 4.69) is 0 Å². The predicted octanol–water partition coefficient (Wildman–Crippen LogP) is 5.04. The second kappa shape index (κ2) is 7.52. The minimum absolute atomic E-state index is 0.401. The molecule has 0 saturated heterocycles. The molecule has 2 aromatic rings. The molecule has 0 N–H and O–H groups in total. The fourth-order valence-corrected chi connectivity index (χ4v) is 2.56. The van der Waals surface area contributed by atoms with E-state index in [0.29, 0.717) is 24.6 Å². The van der Waals surface area contributed by atoms with Gasteiger partial charge in [-0.15, -0.1) is 0 Å². The van der Waals surface area contributed by atoms with Gasteiger partial charge in [0, 0.05) is 5.56 Å². The van der Waals surface area contributed by atoms with Gasteiger partial charge in [-0.05, 0) is 45.0 Å². The first-order valence-electron chi connectivity index (χ1n) is 8.59. The third-order valence-electron chi connectivity index (χ3n) is 3.67. The van der Waals surface area contributed by atoms with Crippen LogP contribution < -0.4 is 4.74 Å². The lowest BCUT2D eigenvalue weighted by Crippen LogP contribution is -2.39. The van der Waals surface area contributed by atoms with Crippen molar-refractivity contribution in [3.05, 3.63) is 66.4 Å². The summed E-state index contributed by atoms with van der Waals surface area (Å²) in [4.78, 5) is 14.2. The molecule has 0 unspecified atom stereocenters. The van der Waals surface area contributed by atoms with Crippen LogP contribution in [0.4, 0.5) is 4.79 Å². The standard InChI is InChI=1S/C21H23NO4/c1-21(2,3)26-20(23)22-13-14-24-15-18(22)17-11-7-8-12-19(17)25-16-9-5-4-6-10-16/h4-12,15H,13-14H2,1-3H3. The van der Waals surface area contributed by atoms with Crippen LogP contribution in [0.25, 0.3) is 5.70 Å². The van der Waals surface area contributed by atoms with Crippen LogP contribution in [-0.4, -0.2) is 29.7 Å². The van der Waals surface area contributed by atoms with Gasteiger partial charge in [-0.25, -0.2) is 4.79 Å². The Labute approximate surface area is 153 Å². The van der Waals surface area contributed by atoms with Crippen molar-refractivity contribution < 1.29 is 19.0 Å². The van der Waals surface area contributed by atoms with Crippen LogP contribution in [0.3, 0.4) is 0 Å². The van der Waals surface area contributed by atoms with Gasteiger partial charge in [0.15, 0.2) is 0 Å². The lowest BCUT2D eigenvalue weighted by Gasteiger charge is -2.31. The molecule has 0 fully saturated rings. The van der Waals surface area contributed by atoms with Crippen molar-refractivity contribution >= 4 is 11.8 Å². The number of benzene rings is 2. The molecular weight excluding hydrogens is 330 g/mol. The molecule has 0 aliphatic carbocycles. The van der Waals surface area contributed by atoms with Crippen molar-refractivity contribution in [2.24, 2.45) is 0 Å².